The maximum Gasteiger partial charge on any atom is 0.249 e. The van der Waals surface area contributed by atoms with Crippen LogP contribution < -0.4 is 0 Å². The highest BCUT2D eigenvalue weighted by atomic mass is 19.1. The zero-order valence-corrected chi connectivity index (χ0v) is 8.72. The second-order valence-electron chi connectivity index (χ2n) is 4.11. The molecule has 1 aliphatic heterocycles. The molecule has 1 amide bonds. The third-order valence-corrected chi connectivity index (χ3v) is 2.98. The van der Waals surface area contributed by atoms with Gasteiger partial charge in [-0.15, -0.1) is 0 Å². The number of aliphatic hydroxyl groups is 1. The Kier molecular flexibility index (Phi) is 2.44. The number of nitrogens with zero attached hydrogens (tertiary/aromatic N) is 1. The minimum absolute atomic E-state index is 0.00906. The smallest absolute Gasteiger partial charge is 0.249 e. The van der Waals surface area contributed by atoms with E-state index in [1.165, 1.54) is 31.2 Å². The van der Waals surface area contributed by atoms with Gasteiger partial charge >= 0.3 is 0 Å². The van der Waals surface area contributed by atoms with Crippen LogP contribution in [0.15, 0.2) is 24.3 Å². The molecule has 1 aliphatic rings. The molecule has 86 valence electrons. The number of carbonyl (C=O) groups is 1. The van der Waals surface area contributed by atoms with Crippen molar-refractivity contribution >= 4 is 5.91 Å². The Balaban J connectivity index is 2.35. The van der Waals surface area contributed by atoms with Crippen molar-refractivity contribution in [2.24, 2.45) is 0 Å². The fraction of sp³-hybridized carbons (Fsp3) is 0.364. The molecule has 1 aromatic rings. The first-order chi connectivity index (χ1) is 7.43. The monoisotopic (exact) mass is 225 g/mol. The van der Waals surface area contributed by atoms with E-state index in [9.17, 15) is 19.5 Å². The Morgan fingerprint density at radius 3 is 2.44 bits per heavy atom. The molecule has 1 fully saturated rings. The third kappa shape index (κ3) is 1.58. The fourth-order valence-corrected chi connectivity index (χ4v) is 1.98. The second-order valence-corrected chi connectivity index (χ2v) is 4.11. The van der Waals surface area contributed by atoms with E-state index in [1.807, 2.05) is 0 Å². The summed E-state index contributed by atoms with van der Waals surface area (Å²) in [7, 11) is 0. The highest BCUT2D eigenvalue weighted by molar-refractivity contribution is 5.79. The van der Waals surface area contributed by atoms with Crippen LogP contribution in [0.25, 0.3) is 0 Å². The van der Waals surface area contributed by atoms with E-state index >= 15 is 0 Å². The van der Waals surface area contributed by atoms with Crippen molar-refractivity contribution < 1.29 is 19.5 Å². The molecule has 0 aromatic heterocycles. The summed E-state index contributed by atoms with van der Waals surface area (Å²) in [4.78, 5) is 11.3. The van der Waals surface area contributed by atoms with Gasteiger partial charge in [0.15, 0.2) is 5.72 Å². The Labute approximate surface area is 91.9 Å². The maximum absolute atomic E-state index is 12.7. The van der Waals surface area contributed by atoms with E-state index in [1.54, 1.807) is 0 Å². The van der Waals surface area contributed by atoms with E-state index < -0.39 is 17.6 Å². The molecular formula is C11H12FNO3. The summed E-state index contributed by atoms with van der Waals surface area (Å²) in [6.07, 6.45) is 0.00906. The van der Waals surface area contributed by atoms with E-state index in [4.69, 9.17) is 0 Å². The molecule has 0 aliphatic carbocycles. The Hall–Kier alpha value is -1.46. The summed E-state index contributed by atoms with van der Waals surface area (Å²) in [5.74, 6) is -1.47. The van der Waals surface area contributed by atoms with Crippen molar-refractivity contribution in [2.75, 3.05) is 0 Å². The van der Waals surface area contributed by atoms with Gasteiger partial charge in [-0.1, -0.05) is 12.1 Å². The molecule has 16 heavy (non-hydrogen) atoms. The SMILES string of the molecule is CC1(O)C(c2ccc(F)cc2)CC(=O)N1O. The van der Waals surface area contributed by atoms with Crippen LogP contribution in [0.5, 0.6) is 0 Å². The normalized spacial score (nSPS) is 29.9. The van der Waals surface area contributed by atoms with E-state index in [0.29, 0.717) is 10.6 Å². The van der Waals surface area contributed by atoms with E-state index in [2.05, 4.69) is 0 Å². The molecule has 2 unspecified atom stereocenters. The second kappa shape index (κ2) is 3.54. The predicted molar refractivity (Wildman–Crippen MR) is 53.0 cm³/mol. The quantitative estimate of drug-likeness (QED) is 0.707. The van der Waals surface area contributed by atoms with Crippen molar-refractivity contribution in [1.82, 2.24) is 5.06 Å². The number of carbonyl (C=O) groups excluding carboxylic acids is 1. The van der Waals surface area contributed by atoms with Gasteiger partial charge in [0.2, 0.25) is 5.91 Å². The molecule has 1 aromatic carbocycles. The lowest BCUT2D eigenvalue weighted by atomic mass is 9.90. The predicted octanol–water partition coefficient (Wildman–Crippen LogP) is 1.24. The number of amides is 1. The lowest BCUT2D eigenvalue weighted by Gasteiger charge is -2.29. The topological polar surface area (TPSA) is 60.8 Å². The van der Waals surface area contributed by atoms with E-state index in [-0.39, 0.29) is 12.2 Å². The molecule has 0 saturated carbocycles. The summed E-state index contributed by atoms with van der Waals surface area (Å²) >= 11 is 0. The minimum Gasteiger partial charge on any atom is -0.368 e. The maximum atomic E-state index is 12.7. The van der Waals surface area contributed by atoms with Crippen LogP contribution >= 0.6 is 0 Å². The fourth-order valence-electron chi connectivity index (χ4n) is 1.98. The first kappa shape index (κ1) is 11.0. The molecular weight excluding hydrogens is 213 g/mol. The number of hydrogen-bond donors (Lipinski definition) is 2. The van der Waals surface area contributed by atoms with Crippen LogP contribution in [0.3, 0.4) is 0 Å². The lowest BCUT2D eigenvalue weighted by molar-refractivity contribution is -0.231. The van der Waals surface area contributed by atoms with Gasteiger partial charge in [-0.05, 0) is 24.6 Å². The molecule has 0 bridgehead atoms. The van der Waals surface area contributed by atoms with Gasteiger partial charge in [0, 0.05) is 12.3 Å². The zero-order valence-electron chi connectivity index (χ0n) is 8.72. The highest BCUT2D eigenvalue weighted by Gasteiger charge is 2.48. The molecule has 0 spiro atoms. The summed E-state index contributed by atoms with van der Waals surface area (Å²) in [6, 6.07) is 5.52. The third-order valence-electron chi connectivity index (χ3n) is 2.98. The molecule has 0 radical (unpaired) electrons. The van der Waals surface area contributed by atoms with Gasteiger partial charge in [-0.25, -0.2) is 4.39 Å². The minimum atomic E-state index is -1.64. The summed E-state index contributed by atoms with van der Waals surface area (Å²) < 4.78 is 12.7. The zero-order chi connectivity index (χ0) is 11.9. The van der Waals surface area contributed by atoms with Crippen molar-refractivity contribution in [3.63, 3.8) is 0 Å². The van der Waals surface area contributed by atoms with E-state index in [0.717, 1.165) is 0 Å². The van der Waals surface area contributed by atoms with Gasteiger partial charge in [0.25, 0.3) is 0 Å². The van der Waals surface area contributed by atoms with Crippen LogP contribution in [0.4, 0.5) is 4.39 Å². The van der Waals surface area contributed by atoms with Crippen LogP contribution in [-0.4, -0.2) is 27.0 Å². The average molecular weight is 225 g/mol. The van der Waals surface area contributed by atoms with Crippen molar-refractivity contribution in [2.45, 2.75) is 25.0 Å². The first-order valence-corrected chi connectivity index (χ1v) is 4.92. The van der Waals surface area contributed by atoms with Gasteiger partial charge in [0.1, 0.15) is 5.82 Å². The van der Waals surface area contributed by atoms with Crippen molar-refractivity contribution in [3.05, 3.63) is 35.6 Å². The van der Waals surface area contributed by atoms with Crippen LogP contribution in [0.1, 0.15) is 24.8 Å². The summed E-state index contributed by atoms with van der Waals surface area (Å²) in [5.41, 5.74) is -1.02. The number of rotatable bonds is 1. The van der Waals surface area contributed by atoms with Crippen LogP contribution in [0.2, 0.25) is 0 Å². The largest absolute Gasteiger partial charge is 0.368 e. The van der Waals surface area contributed by atoms with Gasteiger partial charge in [-0.2, -0.15) is 5.06 Å². The standard InChI is InChI=1S/C11H12FNO3/c1-11(15)9(6-10(14)13(11)16)7-2-4-8(12)5-3-7/h2-5,9,15-16H,6H2,1H3. The van der Waals surface area contributed by atoms with Crippen LogP contribution in [-0.2, 0) is 4.79 Å². The van der Waals surface area contributed by atoms with Crippen LogP contribution in [0, 0.1) is 5.82 Å². The van der Waals surface area contributed by atoms with Gasteiger partial charge in [-0.3, -0.25) is 10.0 Å². The molecule has 4 nitrogen and oxygen atoms in total. The number of benzene rings is 1. The summed E-state index contributed by atoms with van der Waals surface area (Å²) in [6.45, 7) is 1.35. The molecule has 1 saturated heterocycles. The molecule has 1 heterocycles. The Bertz CT molecular complexity index is 416. The molecule has 2 N–H and O–H groups in total. The average Bonchev–Trinajstić information content (AvgIpc) is 2.44. The van der Waals surface area contributed by atoms with Crippen molar-refractivity contribution in [1.29, 1.82) is 0 Å². The summed E-state index contributed by atoms with van der Waals surface area (Å²) in [5, 5.41) is 19.7. The number of halogens is 1. The highest BCUT2D eigenvalue weighted by Crippen LogP contribution is 2.39. The van der Waals surface area contributed by atoms with Crippen molar-refractivity contribution in [3.8, 4) is 0 Å². The molecule has 2 atom stereocenters. The van der Waals surface area contributed by atoms with Gasteiger partial charge in [0.05, 0.1) is 0 Å². The Morgan fingerprint density at radius 1 is 1.44 bits per heavy atom. The number of hydroxylamine groups is 2. The van der Waals surface area contributed by atoms with Gasteiger partial charge < -0.3 is 5.11 Å². The first-order valence-electron chi connectivity index (χ1n) is 4.92. The molecule has 5 heteroatoms. The lowest BCUT2D eigenvalue weighted by Crippen LogP contribution is -2.43. The number of hydrogen-bond acceptors (Lipinski definition) is 3. The molecule has 2 rings (SSSR count). The Morgan fingerprint density at radius 2 is 2.00 bits per heavy atom.